The molecule has 2 atom stereocenters. The van der Waals surface area contributed by atoms with E-state index < -0.39 is 17.3 Å². The summed E-state index contributed by atoms with van der Waals surface area (Å²) >= 11 is 0. The minimum atomic E-state index is -1.15. The van der Waals surface area contributed by atoms with Gasteiger partial charge in [-0.25, -0.2) is 5.10 Å². The number of rotatable bonds is 10. The summed E-state index contributed by atoms with van der Waals surface area (Å²) in [6.45, 7) is 7.18. The van der Waals surface area contributed by atoms with Crippen molar-refractivity contribution in [2.24, 2.45) is 0 Å². The Morgan fingerprint density at radius 2 is 1.97 bits per heavy atom. The van der Waals surface area contributed by atoms with Gasteiger partial charge in [0.05, 0.1) is 22.8 Å². The molecular weight excluding hydrogens is 390 g/mol. The fourth-order valence-corrected chi connectivity index (χ4v) is 2.38. The number of hydrogen-bond acceptors (Lipinski definition) is 8. The molecule has 0 radical (unpaired) electrons. The molecule has 2 unspecified atom stereocenters. The lowest BCUT2D eigenvalue weighted by molar-refractivity contribution is -0.429. The van der Waals surface area contributed by atoms with Crippen LogP contribution < -0.4 is 16.2 Å². The van der Waals surface area contributed by atoms with E-state index in [0.717, 1.165) is 6.42 Å². The maximum Gasteiger partial charge on any atom is 0.272 e. The van der Waals surface area contributed by atoms with Gasteiger partial charge in [-0.2, -0.15) is 5.10 Å². The predicted molar refractivity (Wildman–Crippen MR) is 117 cm³/mol. The molecule has 10 heteroatoms. The molecule has 0 saturated heterocycles. The van der Waals surface area contributed by atoms with Crippen LogP contribution in [-0.4, -0.2) is 50.8 Å². The van der Waals surface area contributed by atoms with Gasteiger partial charge in [0.15, 0.2) is 5.82 Å². The Balaban J connectivity index is 0.00000103. The zero-order valence-electron chi connectivity index (χ0n) is 17.2. The van der Waals surface area contributed by atoms with Crippen LogP contribution in [0.1, 0.15) is 26.7 Å². The molecule has 0 amide bonds. The monoisotopic (exact) mass is 419 g/mol. The summed E-state index contributed by atoms with van der Waals surface area (Å²) < 4.78 is 0. The first-order valence-electron chi connectivity index (χ1n) is 9.55. The van der Waals surface area contributed by atoms with Crippen LogP contribution >= 0.6 is 0 Å². The highest BCUT2D eigenvalue weighted by molar-refractivity contribution is 5.90. The van der Waals surface area contributed by atoms with Crippen LogP contribution in [0, 0.1) is 10.1 Å². The molecule has 1 heterocycles. The number of aromatic nitrogens is 2. The highest BCUT2D eigenvalue weighted by Gasteiger charge is 2.16. The maximum atomic E-state index is 11.7. The van der Waals surface area contributed by atoms with Crippen LogP contribution in [0.25, 0.3) is 10.8 Å². The molecule has 2 rings (SSSR count). The zero-order valence-corrected chi connectivity index (χ0v) is 17.2. The largest absolute Gasteiger partial charge is 0.390 e. The minimum absolute atomic E-state index is 0.0180. The van der Waals surface area contributed by atoms with Crippen LogP contribution in [0.15, 0.2) is 53.5 Å². The van der Waals surface area contributed by atoms with Crippen LogP contribution in [0.5, 0.6) is 0 Å². The number of aromatic amines is 1. The van der Waals surface area contributed by atoms with E-state index in [1.54, 1.807) is 24.3 Å². The van der Waals surface area contributed by atoms with E-state index in [-0.39, 0.29) is 30.8 Å². The summed E-state index contributed by atoms with van der Waals surface area (Å²) in [6, 6.07) is 6.93. The molecule has 0 aliphatic carbocycles. The average Bonchev–Trinajstić information content (AvgIpc) is 2.75. The molecule has 0 aliphatic rings. The minimum Gasteiger partial charge on any atom is -0.390 e. The van der Waals surface area contributed by atoms with Gasteiger partial charge in [-0.05, 0) is 25.5 Å². The van der Waals surface area contributed by atoms with Gasteiger partial charge in [-0.3, -0.25) is 20.2 Å². The average molecular weight is 419 g/mol. The zero-order chi connectivity index (χ0) is 22.5. The molecule has 0 bridgehead atoms. The summed E-state index contributed by atoms with van der Waals surface area (Å²) in [5.74, 6) is 0.421. The molecule has 1 aromatic heterocycles. The summed E-state index contributed by atoms with van der Waals surface area (Å²) in [7, 11) is 0. The Morgan fingerprint density at radius 3 is 2.53 bits per heavy atom. The van der Waals surface area contributed by atoms with Crippen LogP contribution in [0.4, 0.5) is 5.82 Å². The number of fused-ring (bicyclic) bond motifs is 1. The van der Waals surface area contributed by atoms with E-state index in [9.17, 15) is 25.1 Å². The topological polar surface area (TPSA) is 153 Å². The second kappa shape index (κ2) is 13.2. The summed E-state index contributed by atoms with van der Waals surface area (Å²) in [4.78, 5) is 21.9. The first-order chi connectivity index (χ1) is 14.3. The van der Waals surface area contributed by atoms with Crippen LogP contribution in [0.2, 0.25) is 0 Å². The molecule has 2 aromatic rings. The smallest absolute Gasteiger partial charge is 0.272 e. The summed E-state index contributed by atoms with van der Waals surface area (Å²) in [5, 5.41) is 43.4. The van der Waals surface area contributed by atoms with Crippen LogP contribution in [-0.2, 0) is 0 Å². The number of anilines is 1. The lowest BCUT2D eigenvalue weighted by atomic mass is 10.2. The Kier molecular flexibility index (Phi) is 11.0. The van der Waals surface area contributed by atoms with Gasteiger partial charge in [0.2, 0.25) is 5.70 Å². The highest BCUT2D eigenvalue weighted by atomic mass is 16.6. The lowest BCUT2D eigenvalue weighted by Crippen LogP contribution is -2.39. The third-order valence-corrected chi connectivity index (χ3v) is 4.05. The molecule has 0 saturated carbocycles. The molecule has 0 aliphatic heterocycles. The van der Waals surface area contributed by atoms with Gasteiger partial charge >= 0.3 is 0 Å². The number of benzene rings is 1. The second-order valence-electron chi connectivity index (χ2n) is 6.34. The molecule has 164 valence electrons. The fourth-order valence-electron chi connectivity index (χ4n) is 2.38. The maximum absolute atomic E-state index is 11.7. The van der Waals surface area contributed by atoms with Crippen molar-refractivity contribution < 1.29 is 15.1 Å². The van der Waals surface area contributed by atoms with Crippen molar-refractivity contribution in [1.29, 1.82) is 0 Å². The van der Waals surface area contributed by atoms with E-state index in [1.165, 1.54) is 13.0 Å². The van der Waals surface area contributed by atoms with Gasteiger partial charge in [0, 0.05) is 18.5 Å². The normalized spacial score (nSPS) is 13.1. The third-order valence-electron chi connectivity index (χ3n) is 4.05. The standard InChI is InChI=1S/C16H21N5O5.C4H8/c1-2-10(21(25)26)7-14(23)17-8-11(22)9-18-15-12-5-3-4-6-13(12)16(24)20-19-15;1-3-4-2/h2-6,11,14,17,22-23H,7-9H2,1H3,(H,18,19)(H,20,24);3H,1,4H2,2H3/b10-2+;. The lowest BCUT2D eigenvalue weighted by Gasteiger charge is -2.16. The number of aliphatic hydroxyl groups excluding tert-OH is 2. The number of hydrogen-bond donors (Lipinski definition) is 5. The number of allylic oxidation sites excluding steroid dienone is 2. The number of H-pyrrole nitrogens is 1. The van der Waals surface area contributed by atoms with Crippen molar-refractivity contribution in [1.82, 2.24) is 15.5 Å². The molecule has 0 spiro atoms. The van der Waals surface area contributed by atoms with Crippen molar-refractivity contribution in [2.75, 3.05) is 18.4 Å². The van der Waals surface area contributed by atoms with Gasteiger partial charge < -0.3 is 15.5 Å². The van der Waals surface area contributed by atoms with Gasteiger partial charge in [-0.15, -0.1) is 6.58 Å². The van der Waals surface area contributed by atoms with Crippen molar-refractivity contribution >= 4 is 16.6 Å². The number of nitro groups is 1. The van der Waals surface area contributed by atoms with E-state index in [2.05, 4.69) is 34.3 Å². The highest BCUT2D eigenvalue weighted by Crippen LogP contribution is 2.16. The molecular formula is C20H29N5O5. The summed E-state index contributed by atoms with van der Waals surface area (Å²) in [5.41, 5.74) is -0.413. The van der Waals surface area contributed by atoms with Crippen molar-refractivity contribution in [3.8, 4) is 0 Å². The van der Waals surface area contributed by atoms with E-state index in [1.807, 2.05) is 6.08 Å². The van der Waals surface area contributed by atoms with Gasteiger partial charge in [-0.1, -0.05) is 31.2 Å². The Labute approximate surface area is 174 Å². The number of aliphatic hydroxyl groups is 2. The fraction of sp³-hybridized carbons (Fsp3) is 0.400. The Bertz CT molecular complexity index is 912. The third kappa shape index (κ3) is 8.11. The molecule has 0 fully saturated rings. The number of nitrogens with one attached hydrogen (secondary N) is 3. The number of nitrogens with zero attached hydrogens (tertiary/aromatic N) is 2. The van der Waals surface area contributed by atoms with E-state index in [4.69, 9.17) is 0 Å². The molecule has 5 N–H and O–H groups in total. The quantitative estimate of drug-likeness (QED) is 0.169. The van der Waals surface area contributed by atoms with E-state index >= 15 is 0 Å². The first-order valence-corrected chi connectivity index (χ1v) is 9.55. The van der Waals surface area contributed by atoms with E-state index in [0.29, 0.717) is 16.6 Å². The Morgan fingerprint density at radius 1 is 1.33 bits per heavy atom. The molecule has 1 aromatic carbocycles. The predicted octanol–water partition coefficient (Wildman–Crippen LogP) is 1.76. The Hall–Kier alpha value is -3.08. The van der Waals surface area contributed by atoms with Crippen molar-refractivity contribution in [3.05, 3.63) is 69.2 Å². The molecule has 10 nitrogen and oxygen atoms in total. The van der Waals surface area contributed by atoms with Crippen molar-refractivity contribution in [3.63, 3.8) is 0 Å². The van der Waals surface area contributed by atoms with Crippen molar-refractivity contribution in [2.45, 2.75) is 39.0 Å². The van der Waals surface area contributed by atoms with Gasteiger partial charge in [0.25, 0.3) is 5.56 Å². The van der Waals surface area contributed by atoms with Crippen LogP contribution in [0.3, 0.4) is 0 Å². The SMILES string of the molecule is C/C=C(\CC(O)NCC(O)CNc1n[nH]c(=O)c2ccccc12)[N+](=O)[O-].C=CCC. The molecule has 30 heavy (non-hydrogen) atoms. The summed E-state index contributed by atoms with van der Waals surface area (Å²) in [6.07, 6.45) is 2.07. The first kappa shape index (κ1) is 25.0. The van der Waals surface area contributed by atoms with Gasteiger partial charge in [0.1, 0.15) is 6.23 Å². The second-order valence-corrected chi connectivity index (χ2v) is 6.34.